The van der Waals surface area contributed by atoms with Crippen molar-refractivity contribution < 1.29 is 19.1 Å². The van der Waals surface area contributed by atoms with Crippen LogP contribution in [0.15, 0.2) is 42.5 Å². The number of hydrogen-bond acceptors (Lipinski definition) is 4. The maximum absolute atomic E-state index is 12.9. The Kier molecular flexibility index (Phi) is 4.74. The molecule has 0 aromatic heterocycles. The Morgan fingerprint density at radius 1 is 1.00 bits per heavy atom. The van der Waals surface area contributed by atoms with Gasteiger partial charge in [0.05, 0.1) is 20.1 Å². The van der Waals surface area contributed by atoms with Gasteiger partial charge < -0.3 is 9.47 Å². The minimum absolute atomic E-state index is 0.188. The smallest absolute Gasteiger partial charge is 0.237 e. The van der Waals surface area contributed by atoms with Gasteiger partial charge in [-0.25, -0.2) is 4.90 Å². The Labute approximate surface area is 147 Å². The molecule has 1 atom stereocenters. The Morgan fingerprint density at radius 2 is 1.60 bits per heavy atom. The summed E-state index contributed by atoms with van der Waals surface area (Å²) < 4.78 is 10.7. The molecule has 0 bridgehead atoms. The zero-order valence-corrected chi connectivity index (χ0v) is 14.6. The summed E-state index contributed by atoms with van der Waals surface area (Å²) >= 11 is 0. The molecule has 1 heterocycles. The third kappa shape index (κ3) is 3.22. The van der Waals surface area contributed by atoms with Crippen molar-refractivity contribution in [3.05, 3.63) is 53.6 Å². The summed E-state index contributed by atoms with van der Waals surface area (Å²) in [4.78, 5) is 26.7. The molecule has 5 heteroatoms. The van der Waals surface area contributed by atoms with E-state index in [1.807, 2.05) is 31.2 Å². The molecule has 0 N–H and O–H groups in total. The van der Waals surface area contributed by atoms with Crippen molar-refractivity contribution >= 4 is 17.5 Å². The van der Waals surface area contributed by atoms with Gasteiger partial charge in [-0.05, 0) is 31.0 Å². The molecular formula is C20H21NO4. The second-order valence-corrected chi connectivity index (χ2v) is 6.17. The van der Waals surface area contributed by atoms with E-state index in [2.05, 4.69) is 0 Å². The van der Waals surface area contributed by atoms with Crippen molar-refractivity contribution in [1.82, 2.24) is 0 Å². The fourth-order valence-electron chi connectivity index (χ4n) is 3.15. The van der Waals surface area contributed by atoms with Crippen LogP contribution in [-0.2, 0) is 16.0 Å². The summed E-state index contributed by atoms with van der Waals surface area (Å²) in [5, 5.41) is 0. The number of para-hydroxylation sites is 1. The third-order valence-electron chi connectivity index (χ3n) is 4.47. The standard InChI is InChI=1S/C20H21NO4/c1-13-7-9-14(10-8-13)11-15-12-18(22)21(20(15)23)19-16(24-2)5-4-6-17(19)25-3/h4-10,15H,11-12H2,1-3H3. The highest BCUT2D eigenvalue weighted by Gasteiger charge is 2.41. The molecule has 0 radical (unpaired) electrons. The molecule has 0 saturated carbocycles. The first-order valence-corrected chi connectivity index (χ1v) is 8.18. The van der Waals surface area contributed by atoms with Crippen molar-refractivity contribution in [1.29, 1.82) is 0 Å². The van der Waals surface area contributed by atoms with Crippen LogP contribution in [0.1, 0.15) is 17.5 Å². The van der Waals surface area contributed by atoms with Crippen LogP contribution in [-0.4, -0.2) is 26.0 Å². The van der Waals surface area contributed by atoms with Gasteiger partial charge in [-0.1, -0.05) is 35.9 Å². The average molecular weight is 339 g/mol. The van der Waals surface area contributed by atoms with Crippen LogP contribution in [0.5, 0.6) is 11.5 Å². The normalized spacial score (nSPS) is 17.1. The van der Waals surface area contributed by atoms with Gasteiger partial charge in [0.1, 0.15) is 17.2 Å². The summed E-state index contributed by atoms with van der Waals surface area (Å²) in [5.41, 5.74) is 2.59. The monoisotopic (exact) mass is 339 g/mol. The molecule has 1 aliphatic heterocycles. The lowest BCUT2D eigenvalue weighted by Gasteiger charge is -2.20. The molecule has 2 amide bonds. The summed E-state index contributed by atoms with van der Waals surface area (Å²) in [6.07, 6.45) is 0.729. The molecular weight excluding hydrogens is 318 g/mol. The van der Waals surface area contributed by atoms with Crippen molar-refractivity contribution in [2.24, 2.45) is 5.92 Å². The summed E-state index contributed by atoms with van der Waals surface area (Å²) in [6.45, 7) is 2.02. The van der Waals surface area contributed by atoms with E-state index in [0.29, 0.717) is 23.6 Å². The molecule has 2 aromatic rings. The van der Waals surface area contributed by atoms with Gasteiger partial charge in [0.25, 0.3) is 0 Å². The summed E-state index contributed by atoms with van der Waals surface area (Å²) in [7, 11) is 3.01. The maximum Gasteiger partial charge on any atom is 0.237 e. The van der Waals surface area contributed by atoms with Crippen LogP contribution in [0, 0.1) is 12.8 Å². The third-order valence-corrected chi connectivity index (χ3v) is 4.47. The van der Waals surface area contributed by atoms with Crippen molar-refractivity contribution in [2.75, 3.05) is 19.1 Å². The van der Waals surface area contributed by atoms with Crippen LogP contribution in [0.4, 0.5) is 5.69 Å². The number of carbonyl (C=O) groups is 2. The van der Waals surface area contributed by atoms with Crippen molar-refractivity contribution in [2.45, 2.75) is 19.8 Å². The fourth-order valence-corrected chi connectivity index (χ4v) is 3.15. The predicted octanol–water partition coefficient (Wildman–Crippen LogP) is 3.13. The van der Waals surface area contributed by atoms with Crippen LogP contribution in [0.2, 0.25) is 0 Å². The molecule has 25 heavy (non-hydrogen) atoms. The number of rotatable bonds is 5. The summed E-state index contributed by atoms with van der Waals surface area (Å²) in [6, 6.07) is 13.2. The van der Waals surface area contributed by atoms with Gasteiger partial charge in [-0.2, -0.15) is 0 Å². The van der Waals surface area contributed by atoms with E-state index in [0.717, 1.165) is 11.1 Å². The average Bonchev–Trinajstić information content (AvgIpc) is 2.89. The largest absolute Gasteiger partial charge is 0.494 e. The number of carbonyl (C=O) groups excluding carboxylic acids is 2. The zero-order valence-electron chi connectivity index (χ0n) is 14.6. The van der Waals surface area contributed by atoms with E-state index >= 15 is 0 Å². The molecule has 130 valence electrons. The van der Waals surface area contributed by atoms with E-state index < -0.39 is 0 Å². The predicted molar refractivity (Wildman–Crippen MR) is 95.0 cm³/mol. The number of imide groups is 1. The van der Waals surface area contributed by atoms with Crippen molar-refractivity contribution in [3.63, 3.8) is 0 Å². The van der Waals surface area contributed by atoms with E-state index in [9.17, 15) is 9.59 Å². The van der Waals surface area contributed by atoms with Gasteiger partial charge in [-0.3, -0.25) is 9.59 Å². The van der Waals surface area contributed by atoms with E-state index in [-0.39, 0.29) is 24.2 Å². The lowest BCUT2D eigenvalue weighted by molar-refractivity contribution is -0.122. The molecule has 1 saturated heterocycles. The van der Waals surface area contributed by atoms with E-state index in [4.69, 9.17) is 9.47 Å². The molecule has 1 fully saturated rings. The van der Waals surface area contributed by atoms with E-state index in [1.54, 1.807) is 18.2 Å². The van der Waals surface area contributed by atoms with Crippen LogP contribution >= 0.6 is 0 Å². The number of methoxy groups -OCH3 is 2. The van der Waals surface area contributed by atoms with Crippen LogP contribution in [0.3, 0.4) is 0 Å². The quantitative estimate of drug-likeness (QED) is 0.786. The second-order valence-electron chi connectivity index (χ2n) is 6.17. The topological polar surface area (TPSA) is 55.8 Å². The van der Waals surface area contributed by atoms with Gasteiger partial charge in [0, 0.05) is 6.42 Å². The molecule has 3 rings (SSSR count). The van der Waals surface area contributed by atoms with Gasteiger partial charge in [0.2, 0.25) is 11.8 Å². The molecule has 5 nitrogen and oxygen atoms in total. The van der Waals surface area contributed by atoms with Gasteiger partial charge >= 0.3 is 0 Å². The molecule has 1 aliphatic rings. The minimum Gasteiger partial charge on any atom is -0.494 e. The second kappa shape index (κ2) is 6.97. The number of aryl methyl sites for hydroxylation is 1. The summed E-state index contributed by atoms with van der Waals surface area (Å²) in [5.74, 6) is 0.0668. The highest BCUT2D eigenvalue weighted by molar-refractivity contribution is 6.22. The lowest BCUT2D eigenvalue weighted by Crippen LogP contribution is -2.31. The SMILES string of the molecule is COc1cccc(OC)c1N1C(=O)CC(Cc2ccc(C)cc2)C1=O. The maximum atomic E-state index is 12.9. The van der Waals surface area contributed by atoms with Gasteiger partial charge in [0.15, 0.2) is 0 Å². The zero-order chi connectivity index (χ0) is 18.0. The molecule has 1 unspecified atom stereocenters. The Balaban J connectivity index is 1.91. The first-order chi connectivity index (χ1) is 12.0. The Morgan fingerprint density at radius 3 is 2.16 bits per heavy atom. The highest BCUT2D eigenvalue weighted by Crippen LogP contribution is 2.41. The molecule has 2 aromatic carbocycles. The highest BCUT2D eigenvalue weighted by atomic mass is 16.5. The van der Waals surface area contributed by atoms with E-state index in [1.165, 1.54) is 19.1 Å². The van der Waals surface area contributed by atoms with Crippen LogP contribution < -0.4 is 14.4 Å². The van der Waals surface area contributed by atoms with Gasteiger partial charge in [-0.15, -0.1) is 0 Å². The Hall–Kier alpha value is -2.82. The number of benzene rings is 2. The number of anilines is 1. The van der Waals surface area contributed by atoms with Crippen molar-refractivity contribution in [3.8, 4) is 11.5 Å². The minimum atomic E-state index is -0.371. The number of nitrogens with zero attached hydrogens (tertiary/aromatic N) is 1. The fraction of sp³-hybridized carbons (Fsp3) is 0.300. The number of hydrogen-bond donors (Lipinski definition) is 0. The van der Waals surface area contributed by atoms with Crippen LogP contribution in [0.25, 0.3) is 0 Å². The Bertz CT molecular complexity index is 776. The number of amides is 2. The molecule has 0 spiro atoms. The lowest BCUT2D eigenvalue weighted by atomic mass is 9.97. The number of ether oxygens (including phenoxy) is 2. The molecule has 0 aliphatic carbocycles. The first kappa shape index (κ1) is 17.0. The first-order valence-electron chi connectivity index (χ1n) is 8.18.